The third kappa shape index (κ3) is 5.86. The molecule has 102 valence electrons. The van der Waals surface area contributed by atoms with E-state index in [4.69, 9.17) is 0 Å². The first-order valence-corrected chi connectivity index (χ1v) is 6.17. The first-order valence-electron chi connectivity index (χ1n) is 6.17. The van der Waals surface area contributed by atoms with E-state index in [1.807, 2.05) is 42.5 Å². The van der Waals surface area contributed by atoms with E-state index in [0.717, 1.165) is 6.42 Å². The maximum Gasteiger partial charge on any atom is 0.328 e. The number of carbonyl (C=O) groups excluding carboxylic acids is 2. The zero-order valence-corrected chi connectivity index (χ0v) is 11.3. The number of hydrogen-bond acceptors (Lipinski definition) is 3. The molecule has 0 heterocycles. The van der Waals surface area contributed by atoms with Crippen molar-refractivity contribution in [3.8, 4) is 0 Å². The Morgan fingerprint density at radius 2 is 1.95 bits per heavy atom. The summed E-state index contributed by atoms with van der Waals surface area (Å²) in [4.78, 5) is 22.4. The van der Waals surface area contributed by atoms with E-state index >= 15 is 0 Å². The zero-order valence-electron chi connectivity index (χ0n) is 11.3. The lowest BCUT2D eigenvalue weighted by Gasteiger charge is -2.13. The largest absolute Gasteiger partial charge is 0.467 e. The van der Waals surface area contributed by atoms with Crippen LogP contribution in [0, 0.1) is 0 Å². The van der Waals surface area contributed by atoms with Crippen molar-refractivity contribution < 1.29 is 14.3 Å². The topological polar surface area (TPSA) is 55.4 Å². The average molecular weight is 261 g/mol. The van der Waals surface area contributed by atoms with Crippen molar-refractivity contribution in [2.45, 2.75) is 25.8 Å². The van der Waals surface area contributed by atoms with Gasteiger partial charge in [0.2, 0.25) is 5.91 Å². The van der Waals surface area contributed by atoms with E-state index in [0.29, 0.717) is 6.42 Å². The van der Waals surface area contributed by atoms with Gasteiger partial charge in [0.25, 0.3) is 0 Å². The van der Waals surface area contributed by atoms with Gasteiger partial charge in [-0.3, -0.25) is 4.79 Å². The highest BCUT2D eigenvalue weighted by Crippen LogP contribution is 2.02. The van der Waals surface area contributed by atoms with E-state index < -0.39 is 12.0 Å². The van der Waals surface area contributed by atoms with Gasteiger partial charge in [0.15, 0.2) is 0 Å². The van der Waals surface area contributed by atoms with Gasteiger partial charge >= 0.3 is 5.97 Å². The fraction of sp³-hybridized carbons (Fsp3) is 0.333. The summed E-state index contributed by atoms with van der Waals surface area (Å²) in [6.45, 7) is 1.38. The predicted molar refractivity (Wildman–Crippen MR) is 73.5 cm³/mol. The van der Waals surface area contributed by atoms with Crippen molar-refractivity contribution in [1.82, 2.24) is 5.32 Å². The van der Waals surface area contributed by atoms with Gasteiger partial charge in [-0.2, -0.15) is 0 Å². The summed E-state index contributed by atoms with van der Waals surface area (Å²) in [7, 11) is 1.31. The molecular formula is C15H19NO3. The summed E-state index contributed by atoms with van der Waals surface area (Å²) in [5.41, 5.74) is 1.20. The molecule has 1 N–H and O–H groups in total. The second kappa shape index (κ2) is 8.08. The number of rotatable bonds is 6. The molecule has 0 unspecified atom stereocenters. The van der Waals surface area contributed by atoms with Crippen molar-refractivity contribution in [1.29, 1.82) is 0 Å². The monoisotopic (exact) mass is 261 g/mol. The molecule has 1 atom stereocenters. The maximum absolute atomic E-state index is 11.4. The molecule has 0 radical (unpaired) electrons. The molecular weight excluding hydrogens is 242 g/mol. The Morgan fingerprint density at radius 1 is 1.26 bits per heavy atom. The first kappa shape index (κ1) is 15.0. The minimum absolute atomic E-state index is 0.244. The Labute approximate surface area is 113 Å². The minimum Gasteiger partial charge on any atom is -0.467 e. The van der Waals surface area contributed by atoms with Crippen molar-refractivity contribution in [2.75, 3.05) is 7.11 Å². The highest BCUT2D eigenvalue weighted by Gasteiger charge is 2.17. The lowest BCUT2D eigenvalue weighted by molar-refractivity contribution is -0.144. The van der Waals surface area contributed by atoms with Gasteiger partial charge < -0.3 is 10.1 Å². The smallest absolute Gasteiger partial charge is 0.328 e. The molecule has 0 fully saturated rings. The number of hydrogen-bond donors (Lipinski definition) is 1. The Balaban J connectivity index is 2.47. The van der Waals surface area contributed by atoms with Crippen molar-refractivity contribution >= 4 is 11.9 Å². The molecule has 4 nitrogen and oxygen atoms in total. The lowest BCUT2D eigenvalue weighted by atomic mass is 10.1. The lowest BCUT2D eigenvalue weighted by Crippen LogP contribution is -2.39. The van der Waals surface area contributed by atoms with Crippen LogP contribution in [-0.4, -0.2) is 25.0 Å². The highest BCUT2D eigenvalue weighted by atomic mass is 16.5. The van der Waals surface area contributed by atoms with Crippen molar-refractivity contribution in [3.05, 3.63) is 48.0 Å². The van der Waals surface area contributed by atoms with Crippen LogP contribution in [0.3, 0.4) is 0 Å². The van der Waals surface area contributed by atoms with Crippen LogP contribution in [0.4, 0.5) is 0 Å². The van der Waals surface area contributed by atoms with Gasteiger partial charge in [-0.15, -0.1) is 0 Å². The quantitative estimate of drug-likeness (QED) is 0.628. The summed E-state index contributed by atoms with van der Waals surface area (Å²) in [6, 6.07) is 9.40. The third-order valence-electron chi connectivity index (χ3n) is 2.60. The molecule has 1 aromatic carbocycles. The molecule has 0 aliphatic rings. The molecule has 0 spiro atoms. The van der Waals surface area contributed by atoms with Crippen LogP contribution in [-0.2, 0) is 20.7 Å². The normalized spacial score (nSPS) is 12.1. The minimum atomic E-state index is -0.616. The van der Waals surface area contributed by atoms with Crippen molar-refractivity contribution in [3.63, 3.8) is 0 Å². The SMILES string of the molecule is COC(=O)[C@@H](C/C=C/Cc1ccccc1)NC(C)=O. The standard InChI is InChI=1S/C15H19NO3/c1-12(17)16-14(15(18)19-2)11-7-6-10-13-8-4-3-5-9-13/h3-9,14H,10-11H2,1-2H3,(H,16,17)/b7-6+/t14-/m1/s1. The molecule has 0 saturated carbocycles. The second-order valence-electron chi connectivity index (χ2n) is 4.17. The molecule has 1 aromatic rings. The molecule has 4 heteroatoms. The van der Waals surface area contributed by atoms with Crippen LogP contribution < -0.4 is 5.32 Å². The van der Waals surface area contributed by atoms with Gasteiger partial charge in [-0.05, 0) is 18.4 Å². The van der Waals surface area contributed by atoms with E-state index in [1.165, 1.54) is 19.6 Å². The van der Waals surface area contributed by atoms with E-state index in [1.54, 1.807) is 0 Å². The van der Waals surface area contributed by atoms with Gasteiger partial charge in [0.05, 0.1) is 7.11 Å². The van der Waals surface area contributed by atoms with Crippen LogP contribution in [0.15, 0.2) is 42.5 Å². The third-order valence-corrected chi connectivity index (χ3v) is 2.60. The van der Waals surface area contributed by atoms with Crippen LogP contribution in [0.1, 0.15) is 18.9 Å². The summed E-state index contributed by atoms with van der Waals surface area (Å²) in [5.74, 6) is -0.675. The number of amides is 1. The maximum atomic E-state index is 11.4. The van der Waals surface area contributed by atoms with Gasteiger partial charge in [-0.1, -0.05) is 42.5 Å². The van der Waals surface area contributed by atoms with Crippen molar-refractivity contribution in [2.24, 2.45) is 0 Å². The summed E-state index contributed by atoms with van der Waals surface area (Å²) < 4.78 is 4.64. The molecule has 0 saturated heterocycles. The summed E-state index contributed by atoms with van der Waals surface area (Å²) in [5, 5.41) is 2.56. The van der Waals surface area contributed by atoms with Crippen LogP contribution in [0.5, 0.6) is 0 Å². The molecule has 0 aliphatic carbocycles. The Kier molecular flexibility index (Phi) is 6.36. The van der Waals surface area contributed by atoms with Gasteiger partial charge in [0.1, 0.15) is 6.04 Å². The van der Waals surface area contributed by atoms with E-state index in [-0.39, 0.29) is 5.91 Å². The molecule has 0 aromatic heterocycles. The highest BCUT2D eigenvalue weighted by molar-refractivity contribution is 5.83. The molecule has 1 amide bonds. The molecule has 19 heavy (non-hydrogen) atoms. The number of allylic oxidation sites excluding steroid dienone is 1. The average Bonchev–Trinajstić information content (AvgIpc) is 2.42. The van der Waals surface area contributed by atoms with E-state index in [9.17, 15) is 9.59 Å². The number of carbonyl (C=O) groups is 2. The predicted octanol–water partition coefficient (Wildman–Crippen LogP) is 1.85. The van der Waals surface area contributed by atoms with Gasteiger partial charge in [0, 0.05) is 6.92 Å². The summed E-state index contributed by atoms with van der Waals surface area (Å²) >= 11 is 0. The summed E-state index contributed by atoms with van der Waals surface area (Å²) in [6.07, 6.45) is 5.09. The Bertz CT molecular complexity index is 440. The second-order valence-corrected chi connectivity index (χ2v) is 4.17. The molecule has 0 aliphatic heterocycles. The Hall–Kier alpha value is -2.10. The first-order chi connectivity index (χ1) is 9.13. The van der Waals surface area contributed by atoms with Gasteiger partial charge in [-0.25, -0.2) is 4.79 Å². The number of benzene rings is 1. The fourth-order valence-electron chi connectivity index (χ4n) is 1.67. The number of esters is 1. The van der Waals surface area contributed by atoms with E-state index in [2.05, 4.69) is 10.1 Å². The number of nitrogens with one attached hydrogen (secondary N) is 1. The molecule has 0 bridgehead atoms. The fourth-order valence-corrected chi connectivity index (χ4v) is 1.67. The Morgan fingerprint density at radius 3 is 2.53 bits per heavy atom. The zero-order chi connectivity index (χ0) is 14.1. The van der Waals surface area contributed by atoms with Crippen LogP contribution in [0.2, 0.25) is 0 Å². The number of ether oxygens (including phenoxy) is 1. The van der Waals surface area contributed by atoms with Crippen LogP contribution in [0.25, 0.3) is 0 Å². The molecule has 1 rings (SSSR count). The number of methoxy groups -OCH3 is 1. The van der Waals surface area contributed by atoms with Crippen LogP contribution >= 0.6 is 0 Å².